The zero-order chi connectivity index (χ0) is 22.1. The van der Waals surface area contributed by atoms with Gasteiger partial charge in [-0.05, 0) is 77.1 Å². The lowest BCUT2D eigenvalue weighted by Gasteiger charge is -2.40. The molecule has 0 fully saturated rings. The van der Waals surface area contributed by atoms with Gasteiger partial charge in [0.15, 0.2) is 0 Å². The Hall–Kier alpha value is -2.52. The Kier molecular flexibility index (Phi) is 8.36. The van der Waals surface area contributed by atoms with Crippen LogP contribution in [0.1, 0.15) is 57.6 Å². The third-order valence-electron chi connectivity index (χ3n) is 5.34. The Morgan fingerprint density at radius 3 is 1.52 bits per heavy atom. The molecular formula is C28H34O2S. The molecule has 0 amide bonds. The highest BCUT2D eigenvalue weighted by Crippen LogP contribution is 2.69. The summed E-state index contributed by atoms with van der Waals surface area (Å²) in [6.45, 7) is 6.40. The van der Waals surface area contributed by atoms with E-state index in [1.165, 1.54) is 11.1 Å². The van der Waals surface area contributed by atoms with Crippen LogP contribution in [0.5, 0.6) is 0 Å². The highest BCUT2D eigenvalue weighted by molar-refractivity contribution is 8.30. The summed E-state index contributed by atoms with van der Waals surface area (Å²) in [4.78, 5) is 16.1. The lowest BCUT2D eigenvalue weighted by molar-refractivity contribution is -0.133. The SMILES string of the molecule is CCCC(=O)OS(c1ccccc1)(c1ccc(CCC)cc1)c1ccc(CCC)cc1. The topological polar surface area (TPSA) is 26.3 Å². The third-order valence-corrected chi connectivity index (χ3v) is 8.58. The summed E-state index contributed by atoms with van der Waals surface area (Å²) in [7, 11) is -2.17. The number of rotatable bonds is 10. The van der Waals surface area contributed by atoms with Crippen LogP contribution in [0, 0.1) is 0 Å². The Morgan fingerprint density at radius 2 is 1.10 bits per heavy atom. The summed E-state index contributed by atoms with van der Waals surface area (Å²) >= 11 is 0. The highest BCUT2D eigenvalue weighted by atomic mass is 32.3. The molecule has 0 saturated carbocycles. The second-order valence-electron chi connectivity index (χ2n) is 7.86. The molecule has 0 saturated heterocycles. The van der Waals surface area contributed by atoms with Gasteiger partial charge in [-0.15, -0.1) is 0 Å². The molecular weight excluding hydrogens is 400 g/mol. The van der Waals surface area contributed by atoms with Crippen molar-refractivity contribution < 1.29 is 8.98 Å². The smallest absolute Gasteiger partial charge is 0.317 e. The van der Waals surface area contributed by atoms with Gasteiger partial charge in [-0.25, -0.2) is 0 Å². The molecule has 0 bridgehead atoms. The Morgan fingerprint density at radius 1 is 0.645 bits per heavy atom. The average Bonchev–Trinajstić information content (AvgIpc) is 2.80. The first-order valence-electron chi connectivity index (χ1n) is 11.4. The third kappa shape index (κ3) is 5.40. The number of hydrogen-bond donors (Lipinski definition) is 0. The molecule has 31 heavy (non-hydrogen) atoms. The van der Waals surface area contributed by atoms with Gasteiger partial charge in [0.25, 0.3) is 0 Å². The molecule has 0 N–H and O–H groups in total. The minimum atomic E-state index is -2.17. The minimum absolute atomic E-state index is 0.142. The molecule has 164 valence electrons. The monoisotopic (exact) mass is 434 g/mol. The van der Waals surface area contributed by atoms with Crippen molar-refractivity contribution in [3.63, 3.8) is 0 Å². The Labute approximate surface area is 189 Å². The van der Waals surface area contributed by atoms with E-state index < -0.39 is 10.3 Å². The molecule has 0 aliphatic heterocycles. The van der Waals surface area contributed by atoms with E-state index in [9.17, 15) is 4.79 Å². The van der Waals surface area contributed by atoms with Crippen LogP contribution in [0.2, 0.25) is 0 Å². The number of benzene rings is 3. The molecule has 2 nitrogen and oxygen atoms in total. The molecule has 0 spiro atoms. The zero-order valence-corrected chi connectivity index (χ0v) is 19.8. The number of hydrogen-bond acceptors (Lipinski definition) is 2. The van der Waals surface area contributed by atoms with E-state index in [2.05, 4.69) is 74.5 Å². The normalized spacial score (nSPS) is 11.8. The van der Waals surface area contributed by atoms with Gasteiger partial charge in [0.2, 0.25) is 0 Å². The molecule has 0 aliphatic rings. The quantitative estimate of drug-likeness (QED) is 0.322. The summed E-state index contributed by atoms with van der Waals surface area (Å²) < 4.78 is 6.48. The summed E-state index contributed by atoms with van der Waals surface area (Å²) in [5, 5.41) is 0. The van der Waals surface area contributed by atoms with E-state index in [1.807, 2.05) is 25.1 Å². The van der Waals surface area contributed by atoms with E-state index in [-0.39, 0.29) is 5.97 Å². The molecule has 3 rings (SSSR count). The van der Waals surface area contributed by atoms with Gasteiger partial charge in [-0.2, -0.15) is 0 Å². The molecule has 0 aliphatic carbocycles. The number of carbonyl (C=O) groups is 1. The molecule has 0 atom stereocenters. The maximum Gasteiger partial charge on any atom is 0.317 e. The molecule has 0 unspecified atom stereocenters. The van der Waals surface area contributed by atoms with E-state index in [1.54, 1.807) is 0 Å². The van der Waals surface area contributed by atoms with Gasteiger partial charge in [0.05, 0.1) is 0 Å². The van der Waals surface area contributed by atoms with Crippen LogP contribution in [0.25, 0.3) is 0 Å². The average molecular weight is 435 g/mol. The summed E-state index contributed by atoms with van der Waals surface area (Å²) in [5.41, 5.74) is 2.62. The van der Waals surface area contributed by atoms with Crippen molar-refractivity contribution in [2.24, 2.45) is 0 Å². The van der Waals surface area contributed by atoms with Crippen LogP contribution in [0.15, 0.2) is 93.5 Å². The van der Waals surface area contributed by atoms with E-state index >= 15 is 0 Å². The van der Waals surface area contributed by atoms with Crippen molar-refractivity contribution in [2.45, 2.75) is 74.0 Å². The fourth-order valence-corrected chi connectivity index (χ4v) is 6.87. The zero-order valence-electron chi connectivity index (χ0n) is 19.0. The van der Waals surface area contributed by atoms with Crippen LogP contribution in [0.3, 0.4) is 0 Å². The second-order valence-corrected chi connectivity index (χ2v) is 10.6. The van der Waals surface area contributed by atoms with Gasteiger partial charge in [0.1, 0.15) is 0 Å². The van der Waals surface area contributed by atoms with Crippen LogP contribution in [-0.2, 0) is 21.8 Å². The first kappa shape index (κ1) is 23.1. The fourth-order valence-electron chi connectivity index (χ4n) is 3.82. The first-order chi connectivity index (χ1) is 15.1. The van der Waals surface area contributed by atoms with Crippen molar-refractivity contribution in [1.82, 2.24) is 0 Å². The van der Waals surface area contributed by atoms with Gasteiger partial charge in [-0.1, -0.05) is 76.1 Å². The molecule has 0 radical (unpaired) electrons. The second kappa shape index (κ2) is 11.2. The standard InChI is InChI=1S/C28H34O2S/c1-4-10-23-15-19-26(20-16-23)31(30-28(29)12-6-3,25-13-8-7-9-14-25)27-21-17-24(11-5-2)18-22-27/h7-9,13-22H,4-6,10-12H2,1-3H3. The molecule has 3 aromatic carbocycles. The van der Waals surface area contributed by atoms with Gasteiger partial charge < -0.3 is 4.18 Å². The Balaban J connectivity index is 2.20. The molecule has 0 heterocycles. The lowest BCUT2D eigenvalue weighted by Crippen LogP contribution is -2.13. The van der Waals surface area contributed by atoms with E-state index in [4.69, 9.17) is 4.18 Å². The van der Waals surface area contributed by atoms with Crippen molar-refractivity contribution in [3.8, 4) is 0 Å². The van der Waals surface area contributed by atoms with Gasteiger partial charge in [0, 0.05) is 21.1 Å². The van der Waals surface area contributed by atoms with Crippen LogP contribution in [0.4, 0.5) is 0 Å². The van der Waals surface area contributed by atoms with Crippen LogP contribution < -0.4 is 0 Å². The molecule has 0 aromatic heterocycles. The summed E-state index contributed by atoms with van der Waals surface area (Å²) in [6.07, 6.45) is 5.52. The predicted molar refractivity (Wildman–Crippen MR) is 131 cm³/mol. The maximum absolute atomic E-state index is 12.9. The summed E-state index contributed by atoms with van der Waals surface area (Å²) in [5.74, 6) is -0.142. The largest absolute Gasteiger partial charge is 0.402 e. The minimum Gasteiger partial charge on any atom is -0.402 e. The van der Waals surface area contributed by atoms with Gasteiger partial charge in [-0.3, -0.25) is 4.79 Å². The maximum atomic E-state index is 12.9. The highest BCUT2D eigenvalue weighted by Gasteiger charge is 2.35. The molecule has 3 heteroatoms. The van der Waals surface area contributed by atoms with E-state index in [0.717, 1.165) is 46.8 Å². The first-order valence-corrected chi connectivity index (χ1v) is 13.0. The summed E-state index contributed by atoms with van der Waals surface area (Å²) in [6, 6.07) is 27.6. The molecule has 3 aromatic rings. The fraction of sp³-hybridized carbons (Fsp3) is 0.321. The van der Waals surface area contributed by atoms with Crippen LogP contribution in [-0.4, -0.2) is 5.97 Å². The number of aryl methyl sites for hydroxylation is 2. The Bertz CT molecular complexity index is 897. The predicted octanol–water partition coefficient (Wildman–Crippen LogP) is 8.13. The van der Waals surface area contributed by atoms with Crippen molar-refractivity contribution in [3.05, 3.63) is 90.0 Å². The van der Waals surface area contributed by atoms with Crippen molar-refractivity contribution in [1.29, 1.82) is 0 Å². The lowest BCUT2D eigenvalue weighted by atomic mass is 10.1. The number of carbonyl (C=O) groups excluding carboxylic acids is 1. The van der Waals surface area contributed by atoms with Crippen LogP contribution >= 0.6 is 10.3 Å². The van der Waals surface area contributed by atoms with Gasteiger partial charge >= 0.3 is 5.97 Å². The van der Waals surface area contributed by atoms with E-state index in [0.29, 0.717) is 6.42 Å². The van der Waals surface area contributed by atoms with Crippen molar-refractivity contribution >= 4 is 16.3 Å². The van der Waals surface area contributed by atoms with Crippen molar-refractivity contribution in [2.75, 3.05) is 0 Å².